The van der Waals surface area contributed by atoms with Crippen LogP contribution in [0.4, 0.5) is 0 Å². The number of methoxy groups -OCH3 is 2. The van der Waals surface area contributed by atoms with Gasteiger partial charge in [-0.2, -0.15) is 0 Å². The van der Waals surface area contributed by atoms with Crippen molar-refractivity contribution in [3.05, 3.63) is 65.4 Å². The number of aliphatic carboxylic acids is 1. The van der Waals surface area contributed by atoms with Crippen LogP contribution in [0.15, 0.2) is 59.3 Å². The van der Waals surface area contributed by atoms with Crippen LogP contribution in [0.2, 0.25) is 0 Å². The van der Waals surface area contributed by atoms with E-state index < -0.39 is 18.0 Å². The Morgan fingerprint density at radius 3 is 2.35 bits per heavy atom. The Hall–Kier alpha value is -3.13. The normalized spacial score (nSPS) is 13.0. The predicted octanol–water partition coefficient (Wildman–Crippen LogP) is 4.54. The molecule has 0 spiro atoms. The lowest BCUT2D eigenvalue weighted by atomic mass is 10.1. The number of hydrogen-bond donors (Lipinski definition) is 1. The van der Waals surface area contributed by atoms with Crippen molar-refractivity contribution in [1.82, 2.24) is 0 Å². The molecule has 8 heteroatoms. The minimum atomic E-state index is -0.994. The van der Waals surface area contributed by atoms with Gasteiger partial charge in [-0.25, -0.2) is 9.59 Å². The maximum absolute atomic E-state index is 12.7. The molecule has 0 saturated carbocycles. The number of hydrogen-bond acceptors (Lipinski definition) is 6. The third-order valence-electron chi connectivity index (χ3n) is 4.25. The second kappa shape index (κ2) is 11.3. The number of halogens is 1. The second-order valence-electron chi connectivity index (χ2n) is 6.85. The van der Waals surface area contributed by atoms with Crippen LogP contribution in [0.1, 0.15) is 25.0 Å². The van der Waals surface area contributed by atoms with E-state index in [0.29, 0.717) is 21.4 Å². The Bertz CT molecular complexity index is 999. The van der Waals surface area contributed by atoms with Gasteiger partial charge in [-0.05, 0) is 57.2 Å². The quantitative estimate of drug-likeness (QED) is 0.182. The van der Waals surface area contributed by atoms with Crippen LogP contribution in [0, 0.1) is 5.92 Å². The third-order valence-corrected chi connectivity index (χ3v) is 5.07. The van der Waals surface area contributed by atoms with Crippen molar-refractivity contribution in [2.45, 2.75) is 19.9 Å². The standard InChI is InChI=1S/C23H24BrNO6/c1-14(2)20(22(26)27)25-13-15-7-5-10-18(11-15)31-23(28)21(30-4)19(24)16-8-6-9-17(12-16)29-3/h5-14,20H,1-4H3,(H,26,27)/b21-19+,25-13?. The molecule has 0 aliphatic rings. The number of aliphatic imine (C=N–C) groups is 1. The van der Waals surface area contributed by atoms with Crippen LogP contribution < -0.4 is 9.47 Å². The maximum atomic E-state index is 12.7. The first-order valence-electron chi connectivity index (χ1n) is 9.43. The summed E-state index contributed by atoms with van der Waals surface area (Å²) in [6, 6.07) is 12.9. The smallest absolute Gasteiger partial charge is 0.380 e. The van der Waals surface area contributed by atoms with Gasteiger partial charge >= 0.3 is 11.9 Å². The van der Waals surface area contributed by atoms with Crippen molar-refractivity contribution in [2.24, 2.45) is 10.9 Å². The van der Waals surface area contributed by atoms with Gasteiger partial charge in [-0.15, -0.1) is 0 Å². The summed E-state index contributed by atoms with van der Waals surface area (Å²) in [6.45, 7) is 3.57. The molecule has 0 aliphatic carbocycles. The average molecular weight is 490 g/mol. The maximum Gasteiger partial charge on any atom is 0.380 e. The number of carboxylic acids is 1. The molecule has 1 atom stereocenters. The van der Waals surface area contributed by atoms with E-state index in [1.165, 1.54) is 13.3 Å². The highest BCUT2D eigenvalue weighted by Gasteiger charge is 2.20. The van der Waals surface area contributed by atoms with E-state index in [0.717, 1.165) is 0 Å². The predicted molar refractivity (Wildman–Crippen MR) is 122 cm³/mol. The van der Waals surface area contributed by atoms with Crippen LogP contribution in [-0.2, 0) is 14.3 Å². The van der Waals surface area contributed by atoms with Crippen molar-refractivity contribution in [1.29, 1.82) is 0 Å². The molecule has 0 bridgehead atoms. The SMILES string of the molecule is CO/C(C(=O)Oc1cccc(C=NC(C(=O)O)C(C)C)c1)=C(/Br)c1cccc(OC)c1. The van der Waals surface area contributed by atoms with E-state index in [9.17, 15) is 14.7 Å². The molecule has 0 fully saturated rings. The molecule has 2 aromatic carbocycles. The van der Waals surface area contributed by atoms with Gasteiger partial charge < -0.3 is 19.3 Å². The van der Waals surface area contributed by atoms with Crippen molar-refractivity contribution in [3.63, 3.8) is 0 Å². The Balaban J connectivity index is 2.24. The van der Waals surface area contributed by atoms with E-state index in [-0.39, 0.29) is 17.4 Å². The highest BCUT2D eigenvalue weighted by atomic mass is 79.9. The summed E-state index contributed by atoms with van der Waals surface area (Å²) in [5.41, 5.74) is 1.29. The van der Waals surface area contributed by atoms with Gasteiger partial charge in [0.1, 0.15) is 17.5 Å². The summed E-state index contributed by atoms with van der Waals surface area (Å²) in [4.78, 5) is 28.1. The zero-order valence-electron chi connectivity index (χ0n) is 17.7. The molecule has 0 aromatic heterocycles. The van der Waals surface area contributed by atoms with E-state index in [1.807, 2.05) is 0 Å². The zero-order valence-corrected chi connectivity index (χ0v) is 19.3. The molecule has 1 unspecified atom stereocenters. The molecule has 0 aliphatic heterocycles. The Morgan fingerprint density at radius 2 is 1.74 bits per heavy atom. The lowest BCUT2D eigenvalue weighted by Gasteiger charge is -2.12. The highest BCUT2D eigenvalue weighted by Crippen LogP contribution is 2.29. The van der Waals surface area contributed by atoms with Gasteiger partial charge in [0, 0.05) is 6.21 Å². The van der Waals surface area contributed by atoms with Crippen LogP contribution in [0.5, 0.6) is 11.5 Å². The van der Waals surface area contributed by atoms with E-state index in [2.05, 4.69) is 20.9 Å². The van der Waals surface area contributed by atoms with Gasteiger partial charge in [0.15, 0.2) is 0 Å². The fraction of sp³-hybridized carbons (Fsp3) is 0.261. The van der Waals surface area contributed by atoms with E-state index >= 15 is 0 Å². The molecule has 1 N–H and O–H groups in total. The monoisotopic (exact) mass is 489 g/mol. The summed E-state index contributed by atoms with van der Waals surface area (Å²) >= 11 is 3.39. The first-order chi connectivity index (χ1) is 14.8. The molecule has 31 heavy (non-hydrogen) atoms. The van der Waals surface area contributed by atoms with E-state index in [1.54, 1.807) is 69.5 Å². The fourth-order valence-electron chi connectivity index (χ4n) is 2.65. The number of carbonyl (C=O) groups is 2. The van der Waals surface area contributed by atoms with Crippen LogP contribution >= 0.6 is 15.9 Å². The summed E-state index contributed by atoms with van der Waals surface area (Å²) in [5, 5.41) is 9.25. The van der Waals surface area contributed by atoms with Gasteiger partial charge in [0.05, 0.1) is 18.7 Å². The first-order valence-corrected chi connectivity index (χ1v) is 10.2. The average Bonchev–Trinajstić information content (AvgIpc) is 2.74. The van der Waals surface area contributed by atoms with Gasteiger partial charge in [0.25, 0.3) is 0 Å². The largest absolute Gasteiger partial charge is 0.497 e. The molecule has 7 nitrogen and oxygen atoms in total. The molecular weight excluding hydrogens is 466 g/mol. The molecule has 0 saturated heterocycles. The number of esters is 1. The van der Waals surface area contributed by atoms with Crippen molar-refractivity contribution in [3.8, 4) is 11.5 Å². The highest BCUT2D eigenvalue weighted by molar-refractivity contribution is 9.15. The summed E-state index contributed by atoms with van der Waals surface area (Å²) in [5.74, 6) is -0.962. The Labute approximate surface area is 189 Å². The minimum Gasteiger partial charge on any atom is -0.497 e. The van der Waals surface area contributed by atoms with Crippen LogP contribution in [-0.4, -0.2) is 43.5 Å². The van der Waals surface area contributed by atoms with Crippen molar-refractivity contribution in [2.75, 3.05) is 14.2 Å². The number of benzene rings is 2. The van der Waals surface area contributed by atoms with Gasteiger partial charge in [0.2, 0.25) is 5.76 Å². The Morgan fingerprint density at radius 1 is 1.06 bits per heavy atom. The number of ether oxygens (including phenoxy) is 3. The first kappa shape index (κ1) is 24.1. The summed E-state index contributed by atoms with van der Waals surface area (Å²) in [7, 11) is 2.93. The number of carbonyl (C=O) groups excluding carboxylic acids is 1. The van der Waals surface area contributed by atoms with Crippen molar-refractivity contribution < 1.29 is 28.9 Å². The number of rotatable bonds is 9. The third kappa shape index (κ3) is 6.68. The van der Waals surface area contributed by atoms with Gasteiger partial charge in [-0.1, -0.05) is 38.1 Å². The number of carboxylic acid groups (broad SMARTS) is 1. The minimum absolute atomic E-state index is 0.0157. The molecular formula is C23H24BrNO6. The number of nitrogens with zero attached hydrogens (tertiary/aromatic N) is 1. The molecule has 0 radical (unpaired) electrons. The molecule has 0 heterocycles. The Kier molecular flexibility index (Phi) is 8.81. The summed E-state index contributed by atoms with van der Waals surface area (Å²) < 4.78 is 16.3. The zero-order chi connectivity index (χ0) is 23.0. The second-order valence-corrected chi connectivity index (χ2v) is 7.64. The summed E-state index contributed by atoms with van der Waals surface area (Å²) in [6.07, 6.45) is 1.45. The van der Waals surface area contributed by atoms with Crippen LogP contribution in [0.25, 0.3) is 4.48 Å². The molecule has 2 aromatic rings. The van der Waals surface area contributed by atoms with Gasteiger partial charge in [-0.3, -0.25) is 4.99 Å². The molecule has 164 valence electrons. The fourth-order valence-corrected chi connectivity index (χ4v) is 3.22. The van der Waals surface area contributed by atoms with Crippen LogP contribution in [0.3, 0.4) is 0 Å². The molecule has 2 rings (SSSR count). The lowest BCUT2D eigenvalue weighted by Crippen LogP contribution is -2.24. The van der Waals surface area contributed by atoms with Crippen molar-refractivity contribution >= 4 is 38.6 Å². The lowest BCUT2D eigenvalue weighted by molar-refractivity contribution is -0.139. The molecule has 0 amide bonds. The van der Waals surface area contributed by atoms with E-state index in [4.69, 9.17) is 14.2 Å². The topological polar surface area (TPSA) is 94.4 Å².